The molecule has 0 saturated heterocycles. The van der Waals surface area contributed by atoms with Gasteiger partial charge in [0.2, 0.25) is 11.8 Å². The Labute approximate surface area is 161 Å². The first-order valence-corrected chi connectivity index (χ1v) is 9.11. The fraction of sp³-hybridized carbons (Fsp3) is 0.0526. The van der Waals surface area contributed by atoms with Crippen molar-refractivity contribution in [2.75, 3.05) is 11.1 Å². The third-order valence-corrected chi connectivity index (χ3v) is 4.53. The van der Waals surface area contributed by atoms with Crippen molar-refractivity contribution in [2.24, 2.45) is 0 Å². The Kier molecular flexibility index (Phi) is 4.90. The summed E-state index contributed by atoms with van der Waals surface area (Å²) in [5.74, 6) is -0.447. The first kappa shape index (κ1) is 17.9. The number of anilines is 1. The number of benzene rings is 2. The van der Waals surface area contributed by atoms with Gasteiger partial charge in [-0.2, -0.15) is 0 Å². The molecule has 1 amide bonds. The highest BCUT2D eigenvalue weighted by Gasteiger charge is 2.12. The molecule has 9 heteroatoms. The van der Waals surface area contributed by atoms with Crippen molar-refractivity contribution >= 4 is 34.3 Å². The van der Waals surface area contributed by atoms with Crippen LogP contribution in [0, 0.1) is 5.82 Å². The van der Waals surface area contributed by atoms with E-state index in [2.05, 4.69) is 15.5 Å². The SMILES string of the molecule is O=C(CSc1nnc(-c2cccc(F)c2)o1)Nc1ccc2oc(=O)ccc2c1. The molecule has 0 fully saturated rings. The largest absolute Gasteiger partial charge is 0.423 e. The van der Waals surface area contributed by atoms with Gasteiger partial charge in [-0.1, -0.05) is 17.8 Å². The molecule has 0 aliphatic heterocycles. The monoisotopic (exact) mass is 397 g/mol. The van der Waals surface area contributed by atoms with E-state index in [1.54, 1.807) is 36.4 Å². The zero-order valence-corrected chi connectivity index (χ0v) is 15.0. The van der Waals surface area contributed by atoms with Crippen LogP contribution in [-0.2, 0) is 4.79 Å². The number of halogens is 1. The van der Waals surface area contributed by atoms with Crippen LogP contribution in [0.1, 0.15) is 0 Å². The van der Waals surface area contributed by atoms with E-state index >= 15 is 0 Å². The second-order valence-electron chi connectivity index (χ2n) is 5.73. The molecule has 28 heavy (non-hydrogen) atoms. The van der Waals surface area contributed by atoms with Gasteiger partial charge in [-0.25, -0.2) is 9.18 Å². The first-order chi connectivity index (χ1) is 13.6. The number of carbonyl (C=O) groups is 1. The average molecular weight is 397 g/mol. The van der Waals surface area contributed by atoms with Crippen molar-refractivity contribution < 1.29 is 18.0 Å². The Balaban J connectivity index is 1.38. The fourth-order valence-electron chi connectivity index (χ4n) is 2.48. The van der Waals surface area contributed by atoms with Gasteiger partial charge in [0.1, 0.15) is 11.4 Å². The Bertz CT molecular complexity index is 1220. The summed E-state index contributed by atoms with van der Waals surface area (Å²) in [5.41, 5.74) is 1.04. The smallest absolute Gasteiger partial charge is 0.336 e. The number of aromatic nitrogens is 2. The summed E-state index contributed by atoms with van der Waals surface area (Å²) in [4.78, 5) is 23.3. The van der Waals surface area contributed by atoms with Crippen LogP contribution in [0.25, 0.3) is 22.4 Å². The van der Waals surface area contributed by atoms with Crippen molar-refractivity contribution in [3.05, 3.63) is 70.8 Å². The van der Waals surface area contributed by atoms with Crippen molar-refractivity contribution in [2.45, 2.75) is 5.22 Å². The van der Waals surface area contributed by atoms with E-state index in [9.17, 15) is 14.0 Å². The van der Waals surface area contributed by atoms with E-state index in [1.165, 1.54) is 18.2 Å². The highest BCUT2D eigenvalue weighted by atomic mass is 32.2. The third-order valence-electron chi connectivity index (χ3n) is 3.71. The number of rotatable bonds is 5. The molecule has 1 N–H and O–H groups in total. The molecule has 4 rings (SSSR count). The summed E-state index contributed by atoms with van der Waals surface area (Å²) in [6.07, 6.45) is 0. The minimum Gasteiger partial charge on any atom is -0.423 e. The molecule has 7 nitrogen and oxygen atoms in total. The lowest BCUT2D eigenvalue weighted by molar-refractivity contribution is -0.113. The normalized spacial score (nSPS) is 10.9. The minimum absolute atomic E-state index is 0.0483. The van der Waals surface area contributed by atoms with Crippen LogP contribution >= 0.6 is 11.8 Å². The van der Waals surface area contributed by atoms with Crippen molar-refractivity contribution in [1.29, 1.82) is 0 Å². The van der Waals surface area contributed by atoms with Gasteiger partial charge < -0.3 is 14.2 Å². The number of nitrogens with zero attached hydrogens (tertiary/aromatic N) is 2. The van der Waals surface area contributed by atoms with Gasteiger partial charge in [0.15, 0.2) is 0 Å². The number of hydrogen-bond donors (Lipinski definition) is 1. The van der Waals surface area contributed by atoms with Gasteiger partial charge in [0.05, 0.1) is 5.75 Å². The first-order valence-electron chi connectivity index (χ1n) is 8.13. The number of hydrogen-bond acceptors (Lipinski definition) is 7. The molecule has 0 unspecified atom stereocenters. The molecular formula is C19H12FN3O4S. The Morgan fingerprint density at radius 1 is 1.07 bits per heavy atom. The lowest BCUT2D eigenvalue weighted by Crippen LogP contribution is -2.14. The summed E-state index contributed by atoms with van der Waals surface area (Å²) in [5, 5.41) is 11.4. The van der Waals surface area contributed by atoms with Crippen LogP contribution in [0.5, 0.6) is 0 Å². The van der Waals surface area contributed by atoms with Crippen molar-refractivity contribution in [3.63, 3.8) is 0 Å². The molecule has 0 saturated carbocycles. The Morgan fingerprint density at radius 2 is 1.96 bits per heavy atom. The maximum atomic E-state index is 13.3. The summed E-state index contributed by atoms with van der Waals surface area (Å²) >= 11 is 1.07. The molecule has 0 radical (unpaired) electrons. The quantitative estimate of drug-likeness (QED) is 0.405. The molecular weight excluding hydrogens is 385 g/mol. The predicted molar refractivity (Wildman–Crippen MR) is 102 cm³/mol. The van der Waals surface area contributed by atoms with E-state index < -0.39 is 11.4 Å². The fourth-order valence-corrected chi connectivity index (χ4v) is 3.04. The highest BCUT2D eigenvalue weighted by Crippen LogP contribution is 2.24. The number of fused-ring (bicyclic) bond motifs is 1. The topological polar surface area (TPSA) is 98.2 Å². The maximum Gasteiger partial charge on any atom is 0.336 e. The standard InChI is InChI=1S/C19H12FN3O4S/c20-13-3-1-2-12(8-13)18-22-23-19(27-18)28-10-16(24)21-14-5-6-15-11(9-14)4-7-17(25)26-15/h1-9H,10H2,(H,21,24). The van der Waals surface area contributed by atoms with Gasteiger partial charge in [0, 0.05) is 22.7 Å². The molecule has 0 bridgehead atoms. The van der Waals surface area contributed by atoms with Gasteiger partial charge in [-0.05, 0) is 42.5 Å². The second kappa shape index (κ2) is 7.65. The van der Waals surface area contributed by atoms with Crippen molar-refractivity contribution in [3.8, 4) is 11.5 Å². The van der Waals surface area contributed by atoms with Crippen LogP contribution < -0.4 is 10.9 Å². The maximum absolute atomic E-state index is 13.3. The molecule has 0 spiro atoms. The van der Waals surface area contributed by atoms with Gasteiger partial charge in [-0.15, -0.1) is 10.2 Å². The molecule has 0 atom stereocenters. The summed E-state index contributed by atoms with van der Waals surface area (Å²) in [6.45, 7) is 0. The van der Waals surface area contributed by atoms with Crippen LogP contribution in [-0.4, -0.2) is 21.9 Å². The van der Waals surface area contributed by atoms with Crippen LogP contribution in [0.3, 0.4) is 0 Å². The van der Waals surface area contributed by atoms with E-state index in [0.717, 1.165) is 11.8 Å². The lowest BCUT2D eigenvalue weighted by atomic mass is 10.2. The van der Waals surface area contributed by atoms with E-state index in [4.69, 9.17) is 8.83 Å². The van der Waals surface area contributed by atoms with Gasteiger partial charge >= 0.3 is 5.63 Å². The number of thioether (sulfide) groups is 1. The highest BCUT2D eigenvalue weighted by molar-refractivity contribution is 7.99. The molecule has 2 heterocycles. The Hall–Kier alpha value is -3.46. The van der Waals surface area contributed by atoms with Crippen molar-refractivity contribution in [1.82, 2.24) is 10.2 Å². The number of amides is 1. The van der Waals surface area contributed by atoms with E-state index in [1.807, 2.05) is 0 Å². The molecule has 0 aliphatic rings. The molecule has 140 valence electrons. The Morgan fingerprint density at radius 3 is 2.82 bits per heavy atom. The molecule has 4 aromatic rings. The van der Waals surface area contributed by atoms with Gasteiger partial charge in [0.25, 0.3) is 5.22 Å². The zero-order chi connectivity index (χ0) is 19.5. The summed E-state index contributed by atoms with van der Waals surface area (Å²) < 4.78 is 23.8. The van der Waals surface area contributed by atoms with E-state index in [-0.39, 0.29) is 22.8 Å². The molecule has 0 aliphatic carbocycles. The predicted octanol–water partition coefficient (Wildman–Crippen LogP) is 3.71. The van der Waals surface area contributed by atoms with Crippen LogP contribution in [0.2, 0.25) is 0 Å². The number of carbonyl (C=O) groups excluding carboxylic acids is 1. The lowest BCUT2D eigenvalue weighted by Gasteiger charge is -2.05. The summed E-state index contributed by atoms with van der Waals surface area (Å²) in [6, 6.07) is 13.7. The second-order valence-corrected chi connectivity index (χ2v) is 6.65. The van der Waals surface area contributed by atoms with Gasteiger partial charge in [-0.3, -0.25) is 4.79 Å². The van der Waals surface area contributed by atoms with E-state index in [0.29, 0.717) is 22.2 Å². The molecule has 2 aromatic heterocycles. The average Bonchev–Trinajstić information content (AvgIpc) is 3.16. The van der Waals surface area contributed by atoms with Crippen LogP contribution in [0.4, 0.5) is 10.1 Å². The zero-order valence-electron chi connectivity index (χ0n) is 14.2. The minimum atomic E-state index is -0.433. The summed E-state index contributed by atoms with van der Waals surface area (Å²) in [7, 11) is 0. The molecule has 2 aromatic carbocycles. The third kappa shape index (κ3) is 4.09. The van der Waals surface area contributed by atoms with Crippen LogP contribution in [0.15, 0.2) is 73.4 Å². The number of nitrogens with one attached hydrogen (secondary N) is 1.